The van der Waals surface area contributed by atoms with E-state index in [1.54, 1.807) is 11.1 Å². The molecule has 1 atom stereocenters. The zero-order chi connectivity index (χ0) is 17.2. The quantitative estimate of drug-likeness (QED) is 0.621. The molecule has 25 heavy (non-hydrogen) atoms. The Morgan fingerprint density at radius 1 is 1.36 bits per heavy atom. The number of Topliss-reactive ketones (excluding diaryl/α,β-unsaturated/α-hetero) is 1. The standard InChI is InChI=1S/C18H21N5O2/c19-13-21-3-1-14(12-21)9-17(24)16-11-20-18-10-15(2-4-23(16)18)22-5-7-25-8-6-22/h2,4,10-11,14H,1,3,5-9,12H2/t14-/m0/s1. The number of ether oxygens (including phenoxy) is 1. The van der Waals surface area contributed by atoms with Crippen LogP contribution >= 0.6 is 0 Å². The summed E-state index contributed by atoms with van der Waals surface area (Å²) >= 11 is 0. The molecular formula is C18H21N5O2. The van der Waals surface area contributed by atoms with Crippen molar-refractivity contribution in [1.82, 2.24) is 14.3 Å². The van der Waals surface area contributed by atoms with Gasteiger partial charge < -0.3 is 14.5 Å². The Morgan fingerprint density at radius 3 is 2.96 bits per heavy atom. The summed E-state index contributed by atoms with van der Waals surface area (Å²) in [6.07, 6.45) is 7.12. The predicted molar refractivity (Wildman–Crippen MR) is 92.5 cm³/mol. The van der Waals surface area contributed by atoms with Gasteiger partial charge in [0.05, 0.1) is 19.4 Å². The third-order valence-electron chi connectivity index (χ3n) is 5.06. The second kappa shape index (κ2) is 6.73. The van der Waals surface area contributed by atoms with Crippen LogP contribution in [0.1, 0.15) is 23.3 Å². The smallest absolute Gasteiger partial charge is 0.181 e. The van der Waals surface area contributed by atoms with Crippen molar-refractivity contribution >= 4 is 17.1 Å². The minimum absolute atomic E-state index is 0.0939. The molecule has 2 aromatic rings. The summed E-state index contributed by atoms with van der Waals surface area (Å²) in [7, 11) is 0. The summed E-state index contributed by atoms with van der Waals surface area (Å²) in [6, 6.07) is 4.05. The Hall–Kier alpha value is -2.59. The molecular weight excluding hydrogens is 318 g/mol. The number of morpholine rings is 1. The van der Waals surface area contributed by atoms with Gasteiger partial charge in [-0.15, -0.1) is 0 Å². The van der Waals surface area contributed by atoms with Crippen molar-refractivity contribution in [1.29, 1.82) is 5.26 Å². The number of nitriles is 1. The number of fused-ring (bicyclic) bond motifs is 1. The summed E-state index contributed by atoms with van der Waals surface area (Å²) in [5.41, 5.74) is 2.53. The maximum Gasteiger partial charge on any atom is 0.181 e. The van der Waals surface area contributed by atoms with Crippen molar-refractivity contribution in [2.24, 2.45) is 5.92 Å². The Kier molecular flexibility index (Phi) is 4.28. The summed E-state index contributed by atoms with van der Waals surface area (Å²) in [5, 5.41) is 8.94. The molecule has 2 saturated heterocycles. The number of hydrogen-bond donors (Lipinski definition) is 0. The Bertz CT molecular complexity index is 818. The number of carbonyl (C=O) groups is 1. The lowest BCUT2D eigenvalue weighted by Gasteiger charge is -2.28. The van der Waals surface area contributed by atoms with E-state index in [4.69, 9.17) is 10.00 Å². The molecule has 0 aromatic carbocycles. The van der Waals surface area contributed by atoms with Crippen LogP contribution < -0.4 is 4.90 Å². The van der Waals surface area contributed by atoms with Crippen LogP contribution in [-0.2, 0) is 4.74 Å². The Balaban J connectivity index is 1.50. The molecule has 2 aliphatic heterocycles. The maximum atomic E-state index is 12.7. The van der Waals surface area contributed by atoms with Gasteiger partial charge in [-0.1, -0.05) is 0 Å². The van der Waals surface area contributed by atoms with Crippen molar-refractivity contribution in [3.63, 3.8) is 0 Å². The first kappa shape index (κ1) is 15.9. The zero-order valence-corrected chi connectivity index (χ0v) is 14.1. The number of nitrogens with zero attached hydrogens (tertiary/aromatic N) is 5. The predicted octanol–water partition coefficient (Wildman–Crippen LogP) is 1.55. The van der Waals surface area contributed by atoms with E-state index >= 15 is 0 Å². The van der Waals surface area contributed by atoms with Crippen molar-refractivity contribution in [3.05, 3.63) is 30.2 Å². The number of carbonyl (C=O) groups excluding carboxylic acids is 1. The lowest BCUT2D eigenvalue weighted by molar-refractivity contribution is 0.0957. The third kappa shape index (κ3) is 3.17. The largest absolute Gasteiger partial charge is 0.378 e. The molecule has 0 unspecified atom stereocenters. The number of aromatic nitrogens is 2. The normalized spacial score (nSPS) is 20.8. The SMILES string of the molecule is N#CN1CC[C@@H](CC(=O)c2cnc3cc(N4CCOCC4)ccn23)C1. The highest BCUT2D eigenvalue weighted by molar-refractivity contribution is 5.95. The van der Waals surface area contributed by atoms with Gasteiger partial charge in [-0.25, -0.2) is 4.98 Å². The maximum absolute atomic E-state index is 12.7. The highest BCUT2D eigenvalue weighted by Crippen LogP contribution is 2.23. The van der Waals surface area contributed by atoms with E-state index in [9.17, 15) is 4.79 Å². The molecule has 2 aliphatic rings. The summed E-state index contributed by atoms with van der Waals surface area (Å²) in [5.74, 6) is 0.349. The fourth-order valence-electron chi connectivity index (χ4n) is 3.65. The molecule has 2 fully saturated rings. The average Bonchev–Trinajstić information content (AvgIpc) is 3.28. The fraction of sp³-hybridized carbons (Fsp3) is 0.500. The number of rotatable bonds is 4. The molecule has 130 valence electrons. The van der Waals surface area contributed by atoms with Gasteiger partial charge in [-0.05, 0) is 18.4 Å². The van der Waals surface area contributed by atoms with E-state index in [1.165, 1.54) is 0 Å². The first-order valence-corrected chi connectivity index (χ1v) is 8.72. The van der Waals surface area contributed by atoms with Crippen LogP contribution in [0.25, 0.3) is 5.65 Å². The van der Waals surface area contributed by atoms with Crippen molar-refractivity contribution in [3.8, 4) is 6.19 Å². The third-order valence-corrected chi connectivity index (χ3v) is 5.06. The monoisotopic (exact) mass is 339 g/mol. The van der Waals surface area contributed by atoms with Crippen molar-refractivity contribution in [2.75, 3.05) is 44.3 Å². The number of hydrogen-bond acceptors (Lipinski definition) is 6. The van der Waals surface area contributed by atoms with E-state index in [0.717, 1.165) is 50.6 Å². The number of imidazole rings is 1. The molecule has 7 heteroatoms. The summed E-state index contributed by atoms with van der Waals surface area (Å²) < 4.78 is 7.26. The molecule has 0 aliphatic carbocycles. The van der Waals surface area contributed by atoms with Gasteiger partial charge in [-0.3, -0.25) is 9.20 Å². The molecule has 2 aromatic heterocycles. The summed E-state index contributed by atoms with van der Waals surface area (Å²) in [4.78, 5) is 21.1. The minimum atomic E-state index is 0.0939. The van der Waals surface area contributed by atoms with Crippen LogP contribution in [0.4, 0.5) is 5.69 Å². The molecule has 0 radical (unpaired) electrons. The fourth-order valence-corrected chi connectivity index (χ4v) is 3.65. The van der Waals surface area contributed by atoms with Crippen LogP contribution in [0, 0.1) is 17.4 Å². The average molecular weight is 339 g/mol. The van der Waals surface area contributed by atoms with Crippen LogP contribution in [-0.4, -0.2) is 59.5 Å². The number of likely N-dealkylation sites (tertiary alicyclic amines) is 1. The van der Waals surface area contributed by atoms with Gasteiger partial charge in [0.2, 0.25) is 0 Å². The minimum Gasteiger partial charge on any atom is -0.378 e. The topological polar surface area (TPSA) is 73.9 Å². The molecule has 7 nitrogen and oxygen atoms in total. The van der Waals surface area contributed by atoms with E-state index in [2.05, 4.69) is 16.1 Å². The molecule has 0 amide bonds. The second-order valence-electron chi connectivity index (χ2n) is 6.68. The molecule has 0 N–H and O–H groups in total. The molecule has 4 rings (SSSR count). The van der Waals surface area contributed by atoms with Gasteiger partial charge in [-0.2, -0.15) is 5.26 Å². The highest BCUT2D eigenvalue weighted by atomic mass is 16.5. The number of ketones is 1. The van der Waals surface area contributed by atoms with Crippen molar-refractivity contribution < 1.29 is 9.53 Å². The Labute approximate surface area is 146 Å². The molecule has 0 bridgehead atoms. The van der Waals surface area contributed by atoms with Crippen LogP contribution in [0.2, 0.25) is 0 Å². The highest BCUT2D eigenvalue weighted by Gasteiger charge is 2.25. The first-order chi connectivity index (χ1) is 12.2. The lowest BCUT2D eigenvalue weighted by Crippen LogP contribution is -2.36. The second-order valence-corrected chi connectivity index (χ2v) is 6.68. The summed E-state index contributed by atoms with van der Waals surface area (Å²) in [6.45, 7) is 4.67. The molecule has 0 saturated carbocycles. The lowest BCUT2D eigenvalue weighted by atomic mass is 10.0. The van der Waals surface area contributed by atoms with Crippen LogP contribution in [0.15, 0.2) is 24.5 Å². The van der Waals surface area contributed by atoms with Crippen LogP contribution in [0.5, 0.6) is 0 Å². The van der Waals surface area contributed by atoms with Gasteiger partial charge in [0, 0.05) is 50.6 Å². The van der Waals surface area contributed by atoms with Gasteiger partial charge in [0.1, 0.15) is 11.3 Å². The van der Waals surface area contributed by atoms with Crippen LogP contribution in [0.3, 0.4) is 0 Å². The number of pyridine rings is 1. The number of anilines is 1. The van der Waals surface area contributed by atoms with Gasteiger partial charge in [0.25, 0.3) is 0 Å². The van der Waals surface area contributed by atoms with E-state index < -0.39 is 0 Å². The molecule has 4 heterocycles. The van der Waals surface area contributed by atoms with E-state index in [0.29, 0.717) is 18.7 Å². The van der Waals surface area contributed by atoms with E-state index in [1.807, 2.05) is 22.7 Å². The Morgan fingerprint density at radius 2 is 2.20 bits per heavy atom. The van der Waals surface area contributed by atoms with Crippen molar-refractivity contribution in [2.45, 2.75) is 12.8 Å². The van der Waals surface area contributed by atoms with Gasteiger partial charge in [0.15, 0.2) is 12.0 Å². The van der Waals surface area contributed by atoms with Gasteiger partial charge >= 0.3 is 0 Å². The molecule has 0 spiro atoms. The first-order valence-electron chi connectivity index (χ1n) is 8.72. The zero-order valence-electron chi connectivity index (χ0n) is 14.1. The van der Waals surface area contributed by atoms with E-state index in [-0.39, 0.29) is 11.7 Å².